The zero-order valence-electron chi connectivity index (χ0n) is 21.1. The van der Waals surface area contributed by atoms with Gasteiger partial charge in [0.05, 0.1) is 29.5 Å². The second-order valence-electron chi connectivity index (χ2n) is 9.53. The van der Waals surface area contributed by atoms with Crippen LogP contribution in [0.15, 0.2) is 42.6 Å². The van der Waals surface area contributed by atoms with Crippen LogP contribution in [-0.4, -0.2) is 52.3 Å². The number of alkyl halides is 6. The molecular weight excluding hydrogens is 562 g/mol. The van der Waals surface area contributed by atoms with Crippen molar-refractivity contribution in [3.8, 4) is 0 Å². The van der Waals surface area contributed by atoms with Crippen molar-refractivity contribution in [1.82, 2.24) is 15.0 Å². The standard InChI is InChI=1S/C26H26F6N6O.ClH/c27-25(28,29)16-5-7-17(8-6-16)34-22-19-9-13-37(23-20(26(30,31)32)4-1-11-33-23)14-10-21(19)35-24(36-22)38-12-2-3-18(38)15-39;/h1,4-8,11,18,39H,2-3,9-10,12-15H2,(H,34,35,36);1H. The van der Waals surface area contributed by atoms with Crippen molar-refractivity contribution in [2.45, 2.75) is 44.1 Å². The van der Waals surface area contributed by atoms with Gasteiger partial charge in [-0.25, -0.2) is 9.97 Å². The number of anilines is 4. The normalized spacial score (nSPS) is 17.7. The molecule has 7 nitrogen and oxygen atoms in total. The van der Waals surface area contributed by atoms with E-state index in [0.29, 0.717) is 41.7 Å². The average molecular weight is 589 g/mol. The van der Waals surface area contributed by atoms with Gasteiger partial charge < -0.3 is 20.2 Å². The summed E-state index contributed by atoms with van der Waals surface area (Å²) in [5.74, 6) is 0.572. The summed E-state index contributed by atoms with van der Waals surface area (Å²) in [7, 11) is 0. The Labute approximate surface area is 232 Å². The first-order valence-corrected chi connectivity index (χ1v) is 12.5. The molecule has 0 saturated carbocycles. The number of benzene rings is 1. The molecule has 5 rings (SSSR count). The van der Waals surface area contributed by atoms with Gasteiger partial charge in [0.1, 0.15) is 11.6 Å². The van der Waals surface area contributed by atoms with Gasteiger partial charge in [-0.15, -0.1) is 12.4 Å². The van der Waals surface area contributed by atoms with Crippen LogP contribution in [0.1, 0.15) is 35.2 Å². The van der Waals surface area contributed by atoms with Gasteiger partial charge in [0.25, 0.3) is 0 Å². The van der Waals surface area contributed by atoms with Crippen molar-refractivity contribution >= 4 is 35.7 Å². The molecule has 4 heterocycles. The summed E-state index contributed by atoms with van der Waals surface area (Å²) in [6.07, 6.45) is -5.54. The van der Waals surface area contributed by atoms with Gasteiger partial charge in [-0.1, -0.05) is 0 Å². The smallest absolute Gasteiger partial charge is 0.394 e. The number of nitrogens with zero attached hydrogens (tertiary/aromatic N) is 5. The second kappa shape index (κ2) is 11.7. The third-order valence-corrected chi connectivity index (χ3v) is 7.04. The van der Waals surface area contributed by atoms with Crippen LogP contribution in [0.5, 0.6) is 0 Å². The number of halogens is 7. The zero-order valence-corrected chi connectivity index (χ0v) is 22.0. The number of fused-ring (bicyclic) bond motifs is 1. The van der Waals surface area contributed by atoms with E-state index in [0.717, 1.165) is 31.0 Å². The number of aromatic nitrogens is 3. The van der Waals surface area contributed by atoms with E-state index in [2.05, 4.69) is 15.3 Å². The summed E-state index contributed by atoms with van der Waals surface area (Å²) >= 11 is 0. The molecule has 2 aromatic heterocycles. The SMILES string of the molecule is Cl.OCC1CCCN1c1nc2c(c(Nc3ccc(C(F)(F)F)cc3)n1)CCN(c1ncccc1C(F)(F)F)CC2. The van der Waals surface area contributed by atoms with Crippen LogP contribution < -0.4 is 15.1 Å². The van der Waals surface area contributed by atoms with Crippen molar-refractivity contribution in [3.05, 3.63) is 65.0 Å². The van der Waals surface area contributed by atoms with E-state index in [-0.39, 0.29) is 50.4 Å². The first-order chi connectivity index (χ1) is 18.5. The molecule has 1 aromatic carbocycles. The number of aliphatic hydroxyl groups excluding tert-OH is 1. The summed E-state index contributed by atoms with van der Waals surface area (Å²) in [6.45, 7) is 0.974. The zero-order chi connectivity index (χ0) is 27.8. The van der Waals surface area contributed by atoms with Crippen molar-refractivity contribution in [2.24, 2.45) is 0 Å². The fraction of sp³-hybridized carbons (Fsp3) is 0.423. The highest BCUT2D eigenvalue weighted by Gasteiger charge is 2.36. The van der Waals surface area contributed by atoms with Crippen LogP contribution in [-0.2, 0) is 25.2 Å². The van der Waals surface area contributed by atoms with Crippen LogP contribution in [0.3, 0.4) is 0 Å². The van der Waals surface area contributed by atoms with Crippen LogP contribution in [0.25, 0.3) is 0 Å². The molecule has 2 aliphatic heterocycles. The maximum Gasteiger partial charge on any atom is 0.419 e. The first-order valence-electron chi connectivity index (χ1n) is 12.5. The lowest BCUT2D eigenvalue weighted by Gasteiger charge is -2.25. The van der Waals surface area contributed by atoms with E-state index >= 15 is 0 Å². The summed E-state index contributed by atoms with van der Waals surface area (Å²) in [6, 6.07) is 6.60. The minimum absolute atomic E-state index is 0. The largest absolute Gasteiger partial charge is 0.419 e. The molecule has 0 spiro atoms. The van der Waals surface area contributed by atoms with Crippen molar-refractivity contribution in [3.63, 3.8) is 0 Å². The lowest BCUT2D eigenvalue weighted by Crippen LogP contribution is -2.34. The Bertz CT molecular complexity index is 1320. The third kappa shape index (κ3) is 6.20. The highest BCUT2D eigenvalue weighted by molar-refractivity contribution is 5.85. The van der Waals surface area contributed by atoms with E-state index in [1.54, 1.807) is 4.90 Å². The number of pyridine rings is 1. The maximum atomic E-state index is 13.7. The highest BCUT2D eigenvalue weighted by Crippen LogP contribution is 2.37. The summed E-state index contributed by atoms with van der Waals surface area (Å²) in [5, 5.41) is 12.9. The molecule has 1 atom stereocenters. The van der Waals surface area contributed by atoms with Gasteiger partial charge in [0.15, 0.2) is 0 Å². The van der Waals surface area contributed by atoms with Crippen LogP contribution in [0.4, 0.5) is 49.6 Å². The van der Waals surface area contributed by atoms with Gasteiger partial charge in [-0.05, 0) is 55.7 Å². The van der Waals surface area contributed by atoms with Gasteiger partial charge in [-0.2, -0.15) is 31.3 Å². The number of aliphatic hydroxyl groups is 1. The number of nitrogens with one attached hydrogen (secondary N) is 1. The van der Waals surface area contributed by atoms with E-state index in [9.17, 15) is 31.4 Å². The molecule has 2 aliphatic rings. The quantitative estimate of drug-likeness (QED) is 0.374. The molecule has 0 bridgehead atoms. The maximum absolute atomic E-state index is 13.7. The first kappa shape index (κ1) is 29.7. The molecular formula is C26H27ClF6N6O. The average Bonchev–Trinajstić information content (AvgIpc) is 3.27. The highest BCUT2D eigenvalue weighted by atomic mass is 35.5. The minimum atomic E-state index is -4.57. The van der Waals surface area contributed by atoms with Crippen molar-refractivity contribution < 1.29 is 31.4 Å². The Balaban J connectivity index is 0.00000370. The van der Waals surface area contributed by atoms with E-state index in [4.69, 9.17) is 4.98 Å². The molecule has 0 aliphatic carbocycles. The Morgan fingerprint density at radius 2 is 1.65 bits per heavy atom. The molecule has 40 heavy (non-hydrogen) atoms. The Hall–Kier alpha value is -3.32. The van der Waals surface area contributed by atoms with Gasteiger partial charge >= 0.3 is 12.4 Å². The predicted molar refractivity (Wildman–Crippen MR) is 140 cm³/mol. The summed E-state index contributed by atoms with van der Waals surface area (Å²) < 4.78 is 80.2. The topological polar surface area (TPSA) is 77.4 Å². The molecule has 0 amide bonds. The number of hydrogen-bond acceptors (Lipinski definition) is 7. The van der Waals surface area contributed by atoms with Crippen molar-refractivity contribution in [1.29, 1.82) is 0 Å². The fourth-order valence-corrected chi connectivity index (χ4v) is 5.07. The molecule has 14 heteroatoms. The molecule has 1 unspecified atom stereocenters. The van der Waals surface area contributed by atoms with Crippen LogP contribution in [0, 0.1) is 0 Å². The Morgan fingerprint density at radius 1 is 0.925 bits per heavy atom. The summed E-state index contributed by atoms with van der Waals surface area (Å²) in [4.78, 5) is 16.9. The lowest BCUT2D eigenvalue weighted by molar-refractivity contribution is -0.138. The Kier molecular flexibility index (Phi) is 8.64. The number of rotatable bonds is 5. The predicted octanol–water partition coefficient (Wildman–Crippen LogP) is 5.64. The third-order valence-electron chi connectivity index (χ3n) is 7.04. The lowest BCUT2D eigenvalue weighted by atomic mass is 10.1. The Morgan fingerprint density at radius 3 is 2.33 bits per heavy atom. The molecule has 1 saturated heterocycles. The fourth-order valence-electron chi connectivity index (χ4n) is 5.07. The molecule has 0 radical (unpaired) electrons. The van der Waals surface area contributed by atoms with Crippen LogP contribution in [0.2, 0.25) is 0 Å². The molecule has 2 N–H and O–H groups in total. The summed E-state index contributed by atoms with van der Waals surface area (Å²) in [5.41, 5.74) is 0.0637. The van der Waals surface area contributed by atoms with E-state index in [1.165, 1.54) is 24.4 Å². The van der Waals surface area contributed by atoms with Crippen LogP contribution >= 0.6 is 12.4 Å². The minimum Gasteiger partial charge on any atom is -0.394 e. The van der Waals surface area contributed by atoms with E-state index in [1.807, 2.05) is 4.90 Å². The van der Waals surface area contributed by atoms with Gasteiger partial charge in [-0.3, -0.25) is 0 Å². The van der Waals surface area contributed by atoms with Gasteiger partial charge in [0.2, 0.25) is 5.95 Å². The molecule has 1 fully saturated rings. The van der Waals surface area contributed by atoms with Crippen molar-refractivity contribution in [2.75, 3.05) is 41.4 Å². The van der Waals surface area contributed by atoms with E-state index < -0.39 is 23.5 Å². The van der Waals surface area contributed by atoms with Gasteiger partial charge in [0, 0.05) is 43.5 Å². The second-order valence-corrected chi connectivity index (χ2v) is 9.53. The number of hydrogen-bond donors (Lipinski definition) is 2. The molecule has 216 valence electrons. The molecule has 3 aromatic rings. The monoisotopic (exact) mass is 588 g/mol.